The summed E-state index contributed by atoms with van der Waals surface area (Å²) in [6.07, 6.45) is 1.64. The van der Waals surface area contributed by atoms with E-state index in [1.54, 1.807) is 28.4 Å². The molecule has 4 rings (SSSR count). The summed E-state index contributed by atoms with van der Waals surface area (Å²) in [6.45, 7) is 6.86. The van der Waals surface area contributed by atoms with Crippen LogP contribution in [0.3, 0.4) is 0 Å². The van der Waals surface area contributed by atoms with Gasteiger partial charge >= 0.3 is 0 Å². The topological polar surface area (TPSA) is 40.6 Å². The van der Waals surface area contributed by atoms with Gasteiger partial charge < -0.3 is 9.80 Å². The van der Waals surface area contributed by atoms with Crippen molar-refractivity contribution in [2.24, 2.45) is 0 Å². The van der Waals surface area contributed by atoms with Crippen molar-refractivity contribution in [2.45, 2.75) is 45.7 Å². The van der Waals surface area contributed by atoms with Gasteiger partial charge in [-0.15, -0.1) is 11.3 Å². The summed E-state index contributed by atoms with van der Waals surface area (Å²) < 4.78 is 0.922. The molecular weight excluding hydrogens is 496 g/mol. The van der Waals surface area contributed by atoms with E-state index in [2.05, 4.69) is 58.6 Å². The number of aryl methyl sites for hydroxylation is 1. The Balaban J connectivity index is 1.63. The molecule has 4 nitrogen and oxygen atoms in total. The molecule has 0 bridgehead atoms. The maximum atomic E-state index is 13.7. The predicted molar refractivity (Wildman–Crippen MR) is 138 cm³/mol. The average Bonchev–Trinajstić information content (AvgIpc) is 3.31. The Morgan fingerprint density at radius 3 is 2.48 bits per heavy atom. The van der Waals surface area contributed by atoms with E-state index < -0.39 is 0 Å². The monoisotopic (exact) mass is 524 g/mol. The molecule has 2 unspecified atom stereocenters. The highest BCUT2D eigenvalue weighted by molar-refractivity contribution is 9.10. The smallest absolute Gasteiger partial charge is 0.254 e. The molecule has 2 amide bonds. The third-order valence-corrected chi connectivity index (χ3v) is 7.99. The molecular formula is C27H29BrN2O2S. The molecule has 2 aromatic carbocycles. The second-order valence-corrected chi connectivity index (χ2v) is 10.6. The summed E-state index contributed by atoms with van der Waals surface area (Å²) in [5.74, 6) is -0.117. The summed E-state index contributed by atoms with van der Waals surface area (Å²) in [5, 5.41) is 2.11. The largest absolute Gasteiger partial charge is 0.330 e. The third-order valence-electron chi connectivity index (χ3n) is 6.46. The van der Waals surface area contributed by atoms with Gasteiger partial charge in [0.25, 0.3) is 5.91 Å². The number of rotatable bonds is 6. The summed E-state index contributed by atoms with van der Waals surface area (Å²) in [4.78, 5) is 32.1. The van der Waals surface area contributed by atoms with Crippen LogP contribution in [0.2, 0.25) is 0 Å². The Bertz CT molecular complexity index is 1120. The van der Waals surface area contributed by atoms with Crippen molar-refractivity contribution in [3.8, 4) is 0 Å². The van der Waals surface area contributed by atoms with Crippen molar-refractivity contribution >= 4 is 39.1 Å². The number of carbonyl (C=O) groups is 2. The zero-order chi connectivity index (χ0) is 23.5. The normalized spacial score (nSPS) is 16.2. The molecule has 0 fully saturated rings. The van der Waals surface area contributed by atoms with Gasteiger partial charge in [-0.1, -0.05) is 52.7 Å². The van der Waals surface area contributed by atoms with E-state index in [1.807, 2.05) is 30.9 Å². The molecule has 6 heteroatoms. The second-order valence-electron chi connectivity index (χ2n) is 8.65. The first-order chi connectivity index (χ1) is 15.9. The van der Waals surface area contributed by atoms with Gasteiger partial charge in [0.05, 0.1) is 6.04 Å². The van der Waals surface area contributed by atoms with Gasteiger partial charge in [0.15, 0.2) is 0 Å². The minimum absolute atomic E-state index is 0.0109. The van der Waals surface area contributed by atoms with Crippen LogP contribution in [0.5, 0.6) is 0 Å². The van der Waals surface area contributed by atoms with Gasteiger partial charge in [-0.2, -0.15) is 0 Å². The lowest BCUT2D eigenvalue weighted by molar-refractivity contribution is -0.134. The average molecular weight is 526 g/mol. The SMILES string of the molecule is CCC(C)N(CC(=O)N1CCc2sccc2C1c1ccc(C)cc1)C(=O)c1ccc(Br)cc1. The number of halogens is 1. The Morgan fingerprint density at radius 1 is 1.12 bits per heavy atom. The van der Waals surface area contributed by atoms with Crippen molar-refractivity contribution in [3.63, 3.8) is 0 Å². The number of amides is 2. The fourth-order valence-electron chi connectivity index (χ4n) is 4.34. The molecule has 0 N–H and O–H groups in total. The summed E-state index contributed by atoms with van der Waals surface area (Å²) in [5.41, 5.74) is 4.11. The zero-order valence-corrected chi connectivity index (χ0v) is 21.7. The van der Waals surface area contributed by atoms with Crippen LogP contribution in [-0.2, 0) is 11.2 Å². The van der Waals surface area contributed by atoms with Crippen molar-refractivity contribution in [2.75, 3.05) is 13.1 Å². The first kappa shape index (κ1) is 23.7. The van der Waals surface area contributed by atoms with Gasteiger partial charge in [-0.05, 0) is 73.5 Å². The van der Waals surface area contributed by atoms with Crippen molar-refractivity contribution < 1.29 is 9.59 Å². The highest BCUT2D eigenvalue weighted by Crippen LogP contribution is 2.38. The maximum Gasteiger partial charge on any atom is 0.254 e. The first-order valence-electron chi connectivity index (χ1n) is 11.4. The molecule has 2 heterocycles. The van der Waals surface area contributed by atoms with Crippen LogP contribution in [0.1, 0.15) is 58.2 Å². The number of hydrogen-bond acceptors (Lipinski definition) is 3. The summed E-state index contributed by atoms with van der Waals surface area (Å²) in [7, 11) is 0. The van der Waals surface area contributed by atoms with Gasteiger partial charge in [0.1, 0.15) is 6.54 Å². The Hall–Kier alpha value is -2.44. The van der Waals surface area contributed by atoms with Crippen molar-refractivity contribution in [1.29, 1.82) is 0 Å². The summed E-state index contributed by atoms with van der Waals surface area (Å²) >= 11 is 5.18. The Morgan fingerprint density at radius 2 is 1.82 bits per heavy atom. The molecule has 1 aliphatic rings. The molecule has 0 saturated carbocycles. The van der Waals surface area contributed by atoms with Crippen LogP contribution in [0.4, 0.5) is 0 Å². The van der Waals surface area contributed by atoms with E-state index >= 15 is 0 Å². The minimum Gasteiger partial charge on any atom is -0.330 e. The fourth-order valence-corrected chi connectivity index (χ4v) is 5.50. The molecule has 172 valence electrons. The molecule has 0 aliphatic carbocycles. The number of thiophene rings is 1. The van der Waals surface area contributed by atoms with Crippen molar-refractivity contribution in [3.05, 3.63) is 91.6 Å². The zero-order valence-electron chi connectivity index (χ0n) is 19.3. The Kier molecular flexibility index (Phi) is 7.35. The molecule has 3 aromatic rings. The number of nitrogens with zero attached hydrogens (tertiary/aromatic N) is 2. The summed E-state index contributed by atoms with van der Waals surface area (Å²) in [6, 6.07) is 17.8. The second kappa shape index (κ2) is 10.2. The molecule has 1 aromatic heterocycles. The lowest BCUT2D eigenvalue weighted by Gasteiger charge is -2.38. The highest BCUT2D eigenvalue weighted by Gasteiger charge is 2.34. The molecule has 1 aliphatic heterocycles. The molecule has 33 heavy (non-hydrogen) atoms. The van der Waals surface area contributed by atoms with Crippen LogP contribution >= 0.6 is 27.3 Å². The van der Waals surface area contributed by atoms with Crippen LogP contribution < -0.4 is 0 Å². The van der Waals surface area contributed by atoms with Gasteiger partial charge in [-0.3, -0.25) is 9.59 Å². The standard InChI is InChI=1S/C27H29BrN2O2S/c1-4-19(3)30(27(32)21-9-11-22(28)12-10-21)17-25(31)29-15-13-24-23(14-16-33-24)26(29)20-7-5-18(2)6-8-20/h5-12,14,16,19,26H,4,13,15,17H2,1-3H3. The van der Waals surface area contributed by atoms with E-state index in [1.165, 1.54) is 16.0 Å². The third kappa shape index (κ3) is 5.07. The van der Waals surface area contributed by atoms with E-state index in [9.17, 15) is 9.59 Å². The van der Waals surface area contributed by atoms with Crippen LogP contribution in [0.25, 0.3) is 0 Å². The highest BCUT2D eigenvalue weighted by atomic mass is 79.9. The molecule has 0 radical (unpaired) electrons. The van der Waals surface area contributed by atoms with Crippen LogP contribution in [0, 0.1) is 6.92 Å². The van der Waals surface area contributed by atoms with Gasteiger partial charge in [-0.25, -0.2) is 0 Å². The van der Waals surface area contributed by atoms with E-state index in [4.69, 9.17) is 0 Å². The van der Waals surface area contributed by atoms with Crippen LogP contribution in [-0.4, -0.2) is 40.7 Å². The number of hydrogen-bond donors (Lipinski definition) is 0. The fraction of sp³-hybridized carbons (Fsp3) is 0.333. The van der Waals surface area contributed by atoms with Gasteiger partial charge in [0, 0.05) is 27.5 Å². The first-order valence-corrected chi connectivity index (χ1v) is 13.0. The van der Waals surface area contributed by atoms with Crippen LogP contribution in [0.15, 0.2) is 64.5 Å². The number of carbonyl (C=O) groups excluding carboxylic acids is 2. The van der Waals surface area contributed by atoms with E-state index in [0.29, 0.717) is 12.1 Å². The van der Waals surface area contributed by atoms with E-state index in [0.717, 1.165) is 22.9 Å². The quantitative estimate of drug-likeness (QED) is 0.383. The lowest BCUT2D eigenvalue weighted by Crippen LogP contribution is -2.49. The molecule has 0 spiro atoms. The van der Waals surface area contributed by atoms with Gasteiger partial charge in [0.2, 0.25) is 5.91 Å². The van der Waals surface area contributed by atoms with E-state index in [-0.39, 0.29) is 30.4 Å². The van der Waals surface area contributed by atoms with Crippen molar-refractivity contribution in [1.82, 2.24) is 9.80 Å². The number of fused-ring (bicyclic) bond motifs is 1. The maximum absolute atomic E-state index is 13.7. The Labute approximate surface area is 208 Å². The molecule has 2 atom stereocenters. The minimum atomic E-state index is -0.116. The lowest BCUT2D eigenvalue weighted by atomic mass is 9.92. The number of benzene rings is 2. The molecule has 0 saturated heterocycles. The predicted octanol–water partition coefficient (Wildman–Crippen LogP) is 6.23.